The van der Waals surface area contributed by atoms with E-state index in [2.05, 4.69) is 26.6 Å². The first-order chi connectivity index (χ1) is 48.3. The molecule has 0 saturated carbocycles. The third-order valence-corrected chi connectivity index (χ3v) is 19.5. The first kappa shape index (κ1) is 87.0. The smallest absolute Gasteiger partial charge is 0.246 e. The Balaban J connectivity index is 2.02. The van der Waals surface area contributed by atoms with Crippen LogP contribution in [0.25, 0.3) is 0 Å². The maximum Gasteiger partial charge on any atom is 0.246 e. The van der Waals surface area contributed by atoms with Gasteiger partial charge in [-0.2, -0.15) is 0 Å². The third kappa shape index (κ3) is 25.7. The van der Waals surface area contributed by atoms with Crippen LogP contribution in [0.3, 0.4) is 0 Å². The molecular weight excluding hydrogens is 1310 g/mol. The molecule has 26 nitrogen and oxygen atoms in total. The summed E-state index contributed by atoms with van der Waals surface area (Å²) in [5, 5.41) is 14.1. The predicted octanol–water partition coefficient (Wildman–Crippen LogP) is 4.66. The Morgan fingerprint density at radius 1 is 0.427 bits per heavy atom. The van der Waals surface area contributed by atoms with Crippen LogP contribution in [0.1, 0.15) is 165 Å². The molecular formula is C77H123N13O13. The topological polar surface area (TPSA) is 308 Å². The molecule has 4 rings (SSSR count). The lowest BCUT2D eigenvalue weighted by atomic mass is 9.95. The number of hydrogen-bond donors (Lipinski definition) is 5. The standard InChI is InChI=1S/C77H123N13O13/c1-47(2)38-56-73(99)88(19)63(42-51(9)10)76(102)86(17)62(44-54-32-26-22-27-33-54)71(97)81-57(43-53-30-24-21-25-31-53)74(100)89(20)67(52(11)12)77(103)87(18)61(41-50(7)8)70(96)79-55(34-35-64(91)78-13)72(98)83(14)46-66(93)85(16)60(40-49(5)6)69(95)82-58(75(101)90-36-28-23-29-37-90)45-65(92)84(15)59(39-48(3)4)68(94)80-56/h21-22,24-27,30-33,47-52,55-63,67H,23,28-29,34-46H2,1-20H3,(H,78,91)(H,79,96)(H,80,94)(H,81,97)(H,82,95)/t55-,56-,57-,58-,59-,60-,61-,62-,63-,67-/m0/s1. The third-order valence-electron chi connectivity index (χ3n) is 19.5. The molecule has 10 atom stereocenters. The molecule has 103 heavy (non-hydrogen) atoms. The van der Waals surface area contributed by atoms with E-state index in [1.807, 2.05) is 75.3 Å². The molecule has 0 unspecified atom stereocenters. The van der Waals surface area contributed by atoms with Crippen molar-refractivity contribution in [1.82, 2.24) is 65.8 Å². The van der Waals surface area contributed by atoms with Crippen LogP contribution in [0.15, 0.2) is 60.7 Å². The van der Waals surface area contributed by atoms with Gasteiger partial charge in [0.2, 0.25) is 76.8 Å². The molecule has 2 aliphatic rings. The van der Waals surface area contributed by atoms with Crippen molar-refractivity contribution in [2.45, 2.75) is 227 Å². The highest BCUT2D eigenvalue weighted by Gasteiger charge is 2.44. The molecule has 0 spiro atoms. The van der Waals surface area contributed by atoms with E-state index in [0.29, 0.717) is 37.1 Å². The zero-order valence-corrected chi connectivity index (χ0v) is 65.2. The molecule has 26 heteroatoms. The van der Waals surface area contributed by atoms with Gasteiger partial charge >= 0.3 is 0 Å². The van der Waals surface area contributed by atoms with Crippen molar-refractivity contribution in [2.24, 2.45) is 35.5 Å². The summed E-state index contributed by atoms with van der Waals surface area (Å²) < 4.78 is 0. The largest absolute Gasteiger partial charge is 0.359 e. The summed E-state index contributed by atoms with van der Waals surface area (Å²) in [5.74, 6) is -10.3. The van der Waals surface area contributed by atoms with E-state index in [9.17, 15) is 28.8 Å². The van der Waals surface area contributed by atoms with E-state index in [1.54, 1.807) is 73.3 Å². The van der Waals surface area contributed by atoms with Crippen LogP contribution in [-0.4, -0.2) is 252 Å². The molecule has 574 valence electrons. The van der Waals surface area contributed by atoms with Crippen molar-refractivity contribution in [3.63, 3.8) is 0 Å². The number of likely N-dealkylation sites (N-methyl/N-ethyl adjacent to an activating group) is 7. The molecule has 0 aromatic heterocycles. The van der Waals surface area contributed by atoms with E-state index in [0.717, 1.165) is 11.3 Å². The lowest BCUT2D eigenvalue weighted by molar-refractivity contribution is -0.152. The lowest BCUT2D eigenvalue weighted by Gasteiger charge is -2.39. The monoisotopic (exact) mass is 1440 g/mol. The van der Waals surface area contributed by atoms with Crippen molar-refractivity contribution < 1.29 is 62.3 Å². The minimum absolute atomic E-state index is 0.0437. The van der Waals surface area contributed by atoms with Crippen LogP contribution in [-0.2, 0) is 75.2 Å². The minimum atomic E-state index is -1.47. The Labute approximate surface area is 612 Å². The fourth-order valence-corrected chi connectivity index (χ4v) is 13.5. The van der Waals surface area contributed by atoms with Gasteiger partial charge < -0.3 is 65.8 Å². The second kappa shape index (κ2) is 41.1. The first-order valence-corrected chi connectivity index (χ1v) is 36.9. The van der Waals surface area contributed by atoms with E-state index in [4.69, 9.17) is 0 Å². The highest BCUT2D eigenvalue weighted by atomic mass is 16.2. The first-order valence-electron chi connectivity index (χ1n) is 36.9. The van der Waals surface area contributed by atoms with E-state index in [1.165, 1.54) is 85.8 Å². The van der Waals surface area contributed by atoms with Crippen molar-refractivity contribution in [1.29, 1.82) is 0 Å². The lowest BCUT2D eigenvalue weighted by Crippen LogP contribution is -2.62. The molecule has 13 amide bonds. The molecule has 0 bridgehead atoms. The van der Waals surface area contributed by atoms with Gasteiger partial charge in [-0.05, 0) is 104 Å². The SMILES string of the molecule is CNC(=O)CC[C@@H]1NC(=O)[C@H](CC(C)C)N(C)C(=O)[C@H](C(C)C)N(C)C(=O)[C@H](Cc2ccccc2)NC(=O)[C@H](Cc2ccccc2)N(C)C(=O)[C@H](CC(C)C)N(C)C(=O)[C@H](CC(C)C)NC(=O)[C@H](CC(C)C)N(C)C(=O)C[C@@H](C(=O)N2CCCCC2)NC(=O)[C@H](CC(C)C)N(C)C(=O)CN(C)C1=O. The highest BCUT2D eigenvalue weighted by molar-refractivity contribution is 6.00. The zero-order valence-electron chi connectivity index (χ0n) is 65.2. The molecule has 2 saturated heterocycles. The van der Waals surface area contributed by atoms with Crippen molar-refractivity contribution in [3.05, 3.63) is 71.8 Å². The van der Waals surface area contributed by atoms with Gasteiger partial charge in [0.1, 0.15) is 60.4 Å². The van der Waals surface area contributed by atoms with Crippen LogP contribution >= 0.6 is 0 Å². The number of nitrogens with one attached hydrogen (secondary N) is 5. The van der Waals surface area contributed by atoms with Gasteiger partial charge in [-0.15, -0.1) is 0 Å². The van der Waals surface area contributed by atoms with E-state index < -0.39 is 156 Å². The van der Waals surface area contributed by atoms with Crippen molar-refractivity contribution in [3.8, 4) is 0 Å². The maximum absolute atomic E-state index is 15.6. The number of rotatable bonds is 19. The van der Waals surface area contributed by atoms with Crippen molar-refractivity contribution in [2.75, 3.05) is 76.0 Å². The van der Waals surface area contributed by atoms with Crippen LogP contribution < -0.4 is 26.6 Å². The molecule has 2 fully saturated rings. The second-order valence-electron chi connectivity index (χ2n) is 30.8. The van der Waals surface area contributed by atoms with Gasteiger partial charge in [-0.25, -0.2) is 0 Å². The molecule has 2 aromatic carbocycles. The summed E-state index contributed by atoms with van der Waals surface area (Å²) >= 11 is 0. The molecule has 2 heterocycles. The Morgan fingerprint density at radius 3 is 1.32 bits per heavy atom. The summed E-state index contributed by atoms with van der Waals surface area (Å²) in [5.41, 5.74) is 1.32. The number of benzene rings is 2. The Morgan fingerprint density at radius 2 is 0.835 bits per heavy atom. The Bertz CT molecular complexity index is 3200. The van der Waals surface area contributed by atoms with Gasteiger partial charge in [0.05, 0.1) is 13.0 Å². The summed E-state index contributed by atoms with van der Waals surface area (Å²) in [6, 6.07) is 4.89. The van der Waals surface area contributed by atoms with Crippen LogP contribution in [0, 0.1) is 35.5 Å². The molecule has 5 N–H and O–H groups in total. The Kier molecular flexibility index (Phi) is 34.7. The van der Waals surface area contributed by atoms with Gasteiger partial charge in [0, 0.05) is 88.7 Å². The fourth-order valence-electron chi connectivity index (χ4n) is 13.5. The van der Waals surface area contributed by atoms with Gasteiger partial charge in [-0.3, -0.25) is 62.3 Å². The number of carbonyl (C=O) groups excluding carboxylic acids is 13. The van der Waals surface area contributed by atoms with Crippen LogP contribution in [0.5, 0.6) is 0 Å². The van der Waals surface area contributed by atoms with Crippen LogP contribution in [0.4, 0.5) is 0 Å². The maximum atomic E-state index is 15.6. The highest BCUT2D eigenvalue weighted by Crippen LogP contribution is 2.25. The number of nitrogens with zero attached hydrogens (tertiary/aromatic N) is 8. The average molecular weight is 1440 g/mol. The summed E-state index contributed by atoms with van der Waals surface area (Å²) in [6.45, 7) is 22.2. The number of hydrogen-bond acceptors (Lipinski definition) is 13. The quantitative estimate of drug-likeness (QED) is 0.128. The van der Waals surface area contributed by atoms with Gasteiger partial charge in [-0.1, -0.05) is 144 Å². The normalized spacial score (nSPS) is 24.4. The molecule has 0 aliphatic carbocycles. The van der Waals surface area contributed by atoms with Crippen LogP contribution in [0.2, 0.25) is 0 Å². The number of carbonyl (C=O) groups is 13. The predicted molar refractivity (Wildman–Crippen MR) is 395 cm³/mol. The van der Waals surface area contributed by atoms with Gasteiger partial charge in [0.15, 0.2) is 0 Å². The summed E-state index contributed by atoms with van der Waals surface area (Å²) in [6.07, 6.45) is 1.51. The summed E-state index contributed by atoms with van der Waals surface area (Å²) in [4.78, 5) is 205. The molecule has 2 aliphatic heterocycles. The second-order valence-corrected chi connectivity index (χ2v) is 30.8. The van der Waals surface area contributed by atoms with E-state index in [-0.39, 0.29) is 87.4 Å². The zero-order chi connectivity index (χ0) is 77.4. The summed E-state index contributed by atoms with van der Waals surface area (Å²) in [7, 11) is 11.4. The van der Waals surface area contributed by atoms with E-state index >= 15 is 33.6 Å². The number of likely N-dealkylation sites (tertiary alicyclic amines) is 1. The average Bonchev–Trinajstić information content (AvgIpc) is 0.770. The number of piperidine rings is 1. The van der Waals surface area contributed by atoms with Crippen molar-refractivity contribution >= 4 is 76.8 Å². The Hall–Kier alpha value is -8.45. The number of amides is 13. The molecule has 2 aromatic rings. The molecule has 0 radical (unpaired) electrons. The van der Waals surface area contributed by atoms with Gasteiger partial charge in [0.25, 0.3) is 0 Å². The fraction of sp³-hybridized carbons (Fsp3) is 0.675. The minimum Gasteiger partial charge on any atom is -0.359 e.